The molecule has 8 heteroatoms. The van der Waals surface area contributed by atoms with Crippen molar-refractivity contribution in [2.75, 3.05) is 5.06 Å². The van der Waals surface area contributed by atoms with E-state index >= 15 is 0 Å². The Kier molecular flexibility index (Phi) is 6.37. The topological polar surface area (TPSA) is 73.4 Å². The van der Waals surface area contributed by atoms with Crippen LogP contribution in [-0.4, -0.2) is 20.7 Å². The smallest absolute Gasteiger partial charge is 0.264 e. The van der Waals surface area contributed by atoms with Gasteiger partial charge in [-0.3, -0.25) is 15.0 Å². The molecule has 3 atom stereocenters. The molecule has 1 fully saturated rings. The van der Waals surface area contributed by atoms with Gasteiger partial charge in [-0.2, -0.15) is 5.10 Å². The van der Waals surface area contributed by atoms with Gasteiger partial charge in [0.25, 0.3) is 6.04 Å². The van der Waals surface area contributed by atoms with Gasteiger partial charge in [-0.25, -0.2) is 9.75 Å². The molecule has 0 spiro atoms. The third-order valence-electron chi connectivity index (χ3n) is 6.70. The average molecular weight is 523 g/mol. The largest absolute Gasteiger partial charge is 0.272 e. The van der Waals surface area contributed by atoms with E-state index < -0.39 is 18.2 Å². The van der Waals surface area contributed by atoms with E-state index in [2.05, 4.69) is 0 Å². The number of hydrogen-bond donors (Lipinski definition) is 0. The van der Waals surface area contributed by atoms with Crippen LogP contribution in [0.5, 0.6) is 0 Å². The first kappa shape index (κ1) is 23.9. The fourth-order valence-electron chi connectivity index (χ4n) is 4.94. The van der Waals surface area contributed by atoms with Gasteiger partial charge >= 0.3 is 0 Å². The van der Waals surface area contributed by atoms with Gasteiger partial charge in [0.05, 0.1) is 17.1 Å². The lowest BCUT2D eigenvalue weighted by molar-refractivity contribution is -0.531. The first-order valence-corrected chi connectivity index (χ1v) is 12.6. The van der Waals surface area contributed by atoms with Crippen molar-refractivity contribution in [2.45, 2.75) is 18.2 Å². The second kappa shape index (κ2) is 10.1. The number of rotatable bonds is 6. The molecule has 7 nitrogen and oxygen atoms in total. The fraction of sp³-hybridized carbons (Fsp3) is 0.100. The highest BCUT2D eigenvalue weighted by atomic mass is 35.5. The Labute approximate surface area is 224 Å². The molecule has 0 radical (unpaired) electrons. The number of anilines is 1. The molecule has 6 rings (SSSR count). The maximum atomic E-state index is 12.8. The maximum absolute atomic E-state index is 12.8. The number of halogens is 1. The van der Waals surface area contributed by atoms with E-state index in [0.717, 1.165) is 22.5 Å². The number of aromatic nitrogens is 2. The van der Waals surface area contributed by atoms with Crippen LogP contribution in [0.25, 0.3) is 16.9 Å². The highest BCUT2D eigenvalue weighted by Gasteiger charge is 2.54. The Bertz CT molecular complexity index is 1540. The number of benzene rings is 4. The molecular weight excluding hydrogens is 500 g/mol. The van der Waals surface area contributed by atoms with E-state index in [0.29, 0.717) is 16.3 Å². The van der Waals surface area contributed by atoms with Crippen molar-refractivity contribution in [3.05, 3.63) is 148 Å². The van der Waals surface area contributed by atoms with Crippen molar-refractivity contribution < 1.29 is 9.76 Å². The summed E-state index contributed by atoms with van der Waals surface area (Å²) in [5, 5.41) is 19.9. The summed E-state index contributed by atoms with van der Waals surface area (Å²) < 4.78 is 1.76. The average Bonchev–Trinajstić information content (AvgIpc) is 3.58. The summed E-state index contributed by atoms with van der Waals surface area (Å²) in [6, 6.07) is 34.0. The van der Waals surface area contributed by atoms with Crippen LogP contribution in [0.15, 0.2) is 121 Å². The van der Waals surface area contributed by atoms with Crippen molar-refractivity contribution in [1.82, 2.24) is 9.78 Å². The molecule has 38 heavy (non-hydrogen) atoms. The summed E-state index contributed by atoms with van der Waals surface area (Å²) in [5.74, 6) is 0. The van der Waals surface area contributed by atoms with Gasteiger partial charge in [0.15, 0.2) is 12.1 Å². The molecule has 2 heterocycles. The van der Waals surface area contributed by atoms with Crippen molar-refractivity contribution >= 4 is 17.3 Å². The second-order valence-corrected chi connectivity index (χ2v) is 9.48. The molecule has 0 bridgehead atoms. The van der Waals surface area contributed by atoms with Crippen LogP contribution in [0.2, 0.25) is 5.02 Å². The molecule has 4 aromatic carbocycles. The number of para-hydroxylation sites is 2. The molecule has 0 aliphatic carbocycles. The van der Waals surface area contributed by atoms with Crippen molar-refractivity contribution in [3.63, 3.8) is 0 Å². The van der Waals surface area contributed by atoms with E-state index in [4.69, 9.17) is 21.5 Å². The molecule has 188 valence electrons. The summed E-state index contributed by atoms with van der Waals surface area (Å²) in [7, 11) is 0. The van der Waals surface area contributed by atoms with Crippen molar-refractivity contribution in [3.8, 4) is 16.9 Å². The molecule has 1 saturated heterocycles. The van der Waals surface area contributed by atoms with Gasteiger partial charge in [0.2, 0.25) is 0 Å². The van der Waals surface area contributed by atoms with E-state index in [-0.39, 0.29) is 4.92 Å². The molecule has 1 aromatic heterocycles. The molecular formula is C30H23ClN4O3. The predicted octanol–water partition coefficient (Wildman–Crippen LogP) is 7.07. The Morgan fingerprint density at radius 2 is 1.37 bits per heavy atom. The minimum atomic E-state index is -1.10. The third-order valence-corrected chi connectivity index (χ3v) is 6.95. The third kappa shape index (κ3) is 4.42. The molecule has 1 aliphatic rings. The number of hydroxylamine groups is 1. The van der Waals surface area contributed by atoms with Crippen LogP contribution in [-0.2, 0) is 4.84 Å². The highest BCUT2D eigenvalue weighted by molar-refractivity contribution is 6.30. The molecule has 0 N–H and O–H groups in total. The van der Waals surface area contributed by atoms with Gasteiger partial charge in [0, 0.05) is 27.3 Å². The van der Waals surface area contributed by atoms with Crippen LogP contribution < -0.4 is 5.06 Å². The zero-order valence-electron chi connectivity index (χ0n) is 20.2. The Hall–Kier alpha value is -4.46. The Morgan fingerprint density at radius 3 is 1.97 bits per heavy atom. The van der Waals surface area contributed by atoms with Crippen LogP contribution >= 0.6 is 11.6 Å². The van der Waals surface area contributed by atoms with Crippen LogP contribution in [0.4, 0.5) is 5.69 Å². The summed E-state index contributed by atoms with van der Waals surface area (Å²) >= 11 is 6.18. The van der Waals surface area contributed by atoms with Crippen molar-refractivity contribution in [1.29, 1.82) is 0 Å². The van der Waals surface area contributed by atoms with Crippen molar-refractivity contribution in [2.24, 2.45) is 0 Å². The molecule has 0 saturated carbocycles. The number of hydrogen-bond acceptors (Lipinski definition) is 5. The van der Waals surface area contributed by atoms with Gasteiger partial charge in [-0.1, -0.05) is 90.5 Å². The second-order valence-electron chi connectivity index (χ2n) is 9.04. The monoisotopic (exact) mass is 522 g/mol. The standard InChI is InChI=1S/C30H23ClN4O3/c31-23-18-16-21(17-19-23)27-26(20-33(32-27)24-12-6-2-7-13-24)28-29(35(36)37)30(22-10-4-1-5-11-22)38-34(28)25-14-8-3-9-15-25/h1-20,28-30H/t28-,29-,30+/m0/s1. The summed E-state index contributed by atoms with van der Waals surface area (Å²) in [4.78, 5) is 19.0. The SMILES string of the molecule is O=[N+]([O-])[C@@H]1[C@@H](c2ccccc2)ON(c2ccccc2)[C@H]1c1cn(-c2ccccc2)nc1-c1ccc(Cl)cc1. The van der Waals surface area contributed by atoms with Crippen LogP contribution in [0, 0.1) is 10.1 Å². The minimum absolute atomic E-state index is 0.239. The first-order chi connectivity index (χ1) is 18.6. The number of nitro groups is 1. The molecule has 5 aromatic rings. The quantitative estimate of drug-likeness (QED) is 0.176. The fourth-order valence-corrected chi connectivity index (χ4v) is 5.06. The summed E-state index contributed by atoms with van der Waals surface area (Å²) in [6.45, 7) is 0. The minimum Gasteiger partial charge on any atom is -0.264 e. The van der Waals surface area contributed by atoms with Gasteiger partial charge < -0.3 is 0 Å². The highest BCUT2D eigenvalue weighted by Crippen LogP contribution is 2.48. The maximum Gasteiger partial charge on any atom is 0.272 e. The zero-order valence-corrected chi connectivity index (χ0v) is 20.9. The predicted molar refractivity (Wildman–Crippen MR) is 147 cm³/mol. The van der Waals surface area contributed by atoms with Crippen LogP contribution in [0.1, 0.15) is 23.3 Å². The number of nitrogens with zero attached hydrogens (tertiary/aromatic N) is 4. The van der Waals surface area contributed by atoms with Gasteiger partial charge in [-0.05, 0) is 42.0 Å². The van der Waals surface area contributed by atoms with Crippen LogP contribution in [0.3, 0.4) is 0 Å². The normalized spacial score (nSPS) is 19.0. The lowest BCUT2D eigenvalue weighted by Crippen LogP contribution is -2.32. The lowest BCUT2D eigenvalue weighted by Gasteiger charge is -2.24. The van der Waals surface area contributed by atoms with E-state index in [1.54, 1.807) is 21.9 Å². The molecule has 0 amide bonds. The van der Waals surface area contributed by atoms with E-state index in [1.807, 2.05) is 109 Å². The van der Waals surface area contributed by atoms with E-state index in [1.165, 1.54) is 0 Å². The Balaban J connectivity index is 1.57. The Morgan fingerprint density at radius 1 is 0.789 bits per heavy atom. The zero-order chi connectivity index (χ0) is 26.1. The first-order valence-electron chi connectivity index (χ1n) is 12.2. The molecule has 1 aliphatic heterocycles. The van der Waals surface area contributed by atoms with Gasteiger partial charge in [-0.15, -0.1) is 0 Å². The lowest BCUT2D eigenvalue weighted by atomic mass is 9.91. The molecule has 0 unspecified atom stereocenters. The van der Waals surface area contributed by atoms with Gasteiger partial charge in [0.1, 0.15) is 0 Å². The summed E-state index contributed by atoms with van der Waals surface area (Å²) in [5.41, 5.74) is 4.41. The van der Waals surface area contributed by atoms with E-state index in [9.17, 15) is 10.1 Å². The summed E-state index contributed by atoms with van der Waals surface area (Å²) in [6.07, 6.45) is 1.07.